The van der Waals surface area contributed by atoms with E-state index in [4.69, 9.17) is 9.98 Å². The lowest BCUT2D eigenvalue weighted by Gasteiger charge is -2.28. The van der Waals surface area contributed by atoms with Crippen LogP contribution in [0, 0.1) is 29.6 Å². The Balaban J connectivity index is 1.34. The SMILES string of the molecule is C=C(c1cc(C)ccc1CC(C)C(C)(F)F)N1CC2CC2(C2=NCC(C3(C)CC3)=N2)C1. The molecule has 3 nitrogen and oxygen atoms in total. The summed E-state index contributed by atoms with van der Waals surface area (Å²) in [6, 6.07) is 6.11. The molecule has 0 spiro atoms. The number of alkyl halides is 2. The Morgan fingerprint density at radius 2 is 2.10 bits per heavy atom. The molecule has 0 amide bonds. The van der Waals surface area contributed by atoms with E-state index >= 15 is 0 Å². The molecule has 5 rings (SSSR count). The maximum absolute atomic E-state index is 13.9. The molecule has 2 aliphatic carbocycles. The molecular weight excluding hydrogens is 392 g/mol. The van der Waals surface area contributed by atoms with Crippen molar-refractivity contribution in [3.8, 4) is 0 Å². The van der Waals surface area contributed by atoms with Gasteiger partial charge in [0.2, 0.25) is 5.92 Å². The number of aryl methyl sites for hydroxylation is 1. The van der Waals surface area contributed by atoms with Crippen LogP contribution in [0.3, 0.4) is 0 Å². The fourth-order valence-corrected chi connectivity index (χ4v) is 5.27. The van der Waals surface area contributed by atoms with Crippen molar-refractivity contribution in [3.63, 3.8) is 0 Å². The van der Waals surface area contributed by atoms with Crippen molar-refractivity contribution < 1.29 is 8.78 Å². The van der Waals surface area contributed by atoms with Crippen molar-refractivity contribution in [3.05, 3.63) is 41.5 Å². The van der Waals surface area contributed by atoms with Gasteiger partial charge in [-0.15, -0.1) is 0 Å². The normalized spacial score (nSPS) is 29.4. The van der Waals surface area contributed by atoms with E-state index < -0.39 is 11.8 Å². The van der Waals surface area contributed by atoms with Crippen LogP contribution in [-0.2, 0) is 6.42 Å². The zero-order chi connectivity index (χ0) is 22.2. The third-order valence-electron chi connectivity index (χ3n) is 8.26. The number of aliphatic imine (C=N–C) groups is 2. The molecule has 4 aliphatic rings. The summed E-state index contributed by atoms with van der Waals surface area (Å²) in [5.74, 6) is -1.79. The summed E-state index contributed by atoms with van der Waals surface area (Å²) in [5.41, 5.74) is 5.69. The van der Waals surface area contributed by atoms with E-state index in [-0.39, 0.29) is 5.41 Å². The van der Waals surface area contributed by atoms with Crippen molar-refractivity contribution in [2.45, 2.75) is 59.3 Å². The van der Waals surface area contributed by atoms with Crippen molar-refractivity contribution in [2.24, 2.45) is 32.7 Å². The first kappa shape index (κ1) is 20.8. The van der Waals surface area contributed by atoms with Crippen LogP contribution < -0.4 is 0 Å². The molecule has 1 aromatic rings. The van der Waals surface area contributed by atoms with Crippen LogP contribution in [0.4, 0.5) is 8.78 Å². The zero-order valence-electron chi connectivity index (χ0n) is 19.1. The maximum Gasteiger partial charge on any atom is 0.248 e. The first-order valence-corrected chi connectivity index (χ1v) is 11.6. The minimum absolute atomic E-state index is 0.0731. The van der Waals surface area contributed by atoms with Crippen LogP contribution in [0.2, 0.25) is 0 Å². The summed E-state index contributed by atoms with van der Waals surface area (Å²) >= 11 is 0. The third-order valence-corrected chi connectivity index (χ3v) is 8.26. The summed E-state index contributed by atoms with van der Waals surface area (Å²) in [6.45, 7) is 14.0. The van der Waals surface area contributed by atoms with Gasteiger partial charge in [-0.2, -0.15) is 0 Å². The topological polar surface area (TPSA) is 28.0 Å². The molecule has 3 atom stereocenters. The summed E-state index contributed by atoms with van der Waals surface area (Å²) in [5, 5.41) is 0. The van der Waals surface area contributed by atoms with Gasteiger partial charge in [-0.05, 0) is 57.1 Å². The molecule has 3 unspecified atom stereocenters. The Morgan fingerprint density at radius 3 is 2.77 bits per heavy atom. The molecular formula is C26H33F2N3. The molecule has 0 bridgehead atoms. The lowest BCUT2D eigenvalue weighted by Crippen LogP contribution is -2.28. The molecule has 0 N–H and O–H groups in total. The largest absolute Gasteiger partial charge is 0.370 e. The van der Waals surface area contributed by atoms with E-state index in [2.05, 4.69) is 24.5 Å². The number of hydrogen-bond donors (Lipinski definition) is 0. The molecule has 31 heavy (non-hydrogen) atoms. The standard InChI is InChI=1S/C26H33F2N3/c1-16-6-7-19(11-17(2)25(5,27)28)21(10-16)18(3)31-14-20-12-26(20,15-31)23-29-13-22(30-23)24(4)8-9-24/h6-7,10,17,20H,3,8-9,11-15H2,1-2,4-5H3. The number of piperidine rings is 1. The highest BCUT2D eigenvalue weighted by Gasteiger charge is 2.64. The van der Waals surface area contributed by atoms with Crippen molar-refractivity contribution >= 4 is 17.2 Å². The van der Waals surface area contributed by atoms with Gasteiger partial charge in [0.05, 0.1) is 12.0 Å². The summed E-state index contributed by atoms with van der Waals surface area (Å²) in [4.78, 5) is 12.2. The molecule has 1 saturated heterocycles. The fraction of sp³-hybridized carbons (Fsp3) is 0.615. The van der Waals surface area contributed by atoms with Gasteiger partial charge in [0.1, 0.15) is 5.84 Å². The Kier molecular flexibility index (Phi) is 4.52. The van der Waals surface area contributed by atoms with Crippen LogP contribution in [0.25, 0.3) is 5.70 Å². The van der Waals surface area contributed by atoms with E-state index in [9.17, 15) is 8.78 Å². The summed E-state index contributed by atoms with van der Waals surface area (Å²) in [7, 11) is 0. The van der Waals surface area contributed by atoms with Crippen LogP contribution >= 0.6 is 0 Å². The highest BCUT2D eigenvalue weighted by atomic mass is 19.3. The fourth-order valence-electron chi connectivity index (χ4n) is 5.27. The van der Waals surface area contributed by atoms with E-state index in [0.717, 1.165) is 61.2 Å². The highest BCUT2D eigenvalue weighted by molar-refractivity contribution is 6.10. The minimum atomic E-state index is -2.70. The van der Waals surface area contributed by atoms with Gasteiger partial charge >= 0.3 is 0 Å². The maximum atomic E-state index is 13.9. The molecule has 3 fully saturated rings. The predicted octanol–water partition coefficient (Wildman–Crippen LogP) is 5.77. The lowest BCUT2D eigenvalue weighted by atomic mass is 9.91. The smallest absolute Gasteiger partial charge is 0.248 e. The second-order valence-electron chi connectivity index (χ2n) is 10.9. The van der Waals surface area contributed by atoms with Crippen molar-refractivity contribution in [1.29, 1.82) is 0 Å². The number of likely N-dealkylation sites (tertiary alicyclic amines) is 1. The second kappa shape index (κ2) is 6.73. The average Bonchev–Trinajstić information content (AvgIpc) is 3.48. The summed E-state index contributed by atoms with van der Waals surface area (Å²) in [6.07, 6.45) is 3.97. The van der Waals surface area contributed by atoms with Crippen LogP contribution in [0.15, 0.2) is 34.8 Å². The molecule has 166 valence electrons. The van der Waals surface area contributed by atoms with Crippen molar-refractivity contribution in [2.75, 3.05) is 19.6 Å². The summed E-state index contributed by atoms with van der Waals surface area (Å²) < 4.78 is 27.7. The second-order valence-corrected chi connectivity index (χ2v) is 10.9. The van der Waals surface area contributed by atoms with Crippen molar-refractivity contribution in [1.82, 2.24) is 4.90 Å². The number of rotatable bonds is 7. The quantitative estimate of drug-likeness (QED) is 0.545. The first-order chi connectivity index (χ1) is 14.5. The number of benzene rings is 1. The van der Waals surface area contributed by atoms with Gasteiger partial charge in [0.25, 0.3) is 0 Å². The Bertz CT molecular complexity index is 998. The Morgan fingerprint density at radius 1 is 1.35 bits per heavy atom. The molecule has 5 heteroatoms. The number of fused-ring (bicyclic) bond motifs is 1. The molecule has 1 aromatic carbocycles. The third kappa shape index (κ3) is 3.54. The van der Waals surface area contributed by atoms with Crippen LogP contribution in [0.1, 0.15) is 56.7 Å². The molecule has 2 aliphatic heterocycles. The number of hydrogen-bond acceptors (Lipinski definition) is 3. The van der Waals surface area contributed by atoms with Gasteiger partial charge in [-0.1, -0.05) is 38.1 Å². The van der Waals surface area contributed by atoms with E-state index in [1.165, 1.54) is 18.6 Å². The molecule has 2 heterocycles. The predicted molar refractivity (Wildman–Crippen MR) is 123 cm³/mol. The number of nitrogens with zero attached hydrogens (tertiary/aromatic N) is 3. The number of amidine groups is 1. The molecule has 0 aromatic heterocycles. The highest BCUT2D eigenvalue weighted by Crippen LogP contribution is 2.61. The molecule has 2 saturated carbocycles. The van der Waals surface area contributed by atoms with Crippen LogP contribution in [-0.4, -0.2) is 42.0 Å². The monoisotopic (exact) mass is 425 g/mol. The van der Waals surface area contributed by atoms with Gasteiger partial charge in [0, 0.05) is 41.4 Å². The van der Waals surface area contributed by atoms with Gasteiger partial charge in [-0.25, -0.2) is 13.8 Å². The minimum Gasteiger partial charge on any atom is -0.370 e. The van der Waals surface area contributed by atoms with Gasteiger partial charge < -0.3 is 4.90 Å². The molecule has 0 radical (unpaired) electrons. The number of halogens is 2. The lowest BCUT2D eigenvalue weighted by molar-refractivity contribution is -0.0320. The van der Waals surface area contributed by atoms with Gasteiger partial charge in [-0.3, -0.25) is 4.99 Å². The van der Waals surface area contributed by atoms with E-state index in [0.29, 0.717) is 17.8 Å². The zero-order valence-corrected chi connectivity index (χ0v) is 19.1. The van der Waals surface area contributed by atoms with Gasteiger partial charge in [0.15, 0.2) is 0 Å². The van der Waals surface area contributed by atoms with Crippen LogP contribution in [0.5, 0.6) is 0 Å². The average molecular weight is 426 g/mol. The van der Waals surface area contributed by atoms with E-state index in [1.807, 2.05) is 19.1 Å². The first-order valence-electron chi connectivity index (χ1n) is 11.6. The Labute approximate surface area is 184 Å². The van der Waals surface area contributed by atoms with E-state index in [1.54, 1.807) is 6.92 Å². The Hall–Kier alpha value is -2.04.